The van der Waals surface area contributed by atoms with Crippen LogP contribution in [0, 0.1) is 0 Å². The molecule has 21 heavy (non-hydrogen) atoms. The monoisotopic (exact) mass is 293 g/mol. The third kappa shape index (κ3) is 7.04. The molecule has 1 aromatic rings. The molecule has 0 fully saturated rings. The van der Waals surface area contributed by atoms with Crippen molar-refractivity contribution in [2.24, 2.45) is 21.7 Å². The van der Waals surface area contributed by atoms with Gasteiger partial charge in [0, 0.05) is 13.1 Å². The van der Waals surface area contributed by atoms with Crippen LogP contribution < -0.4 is 16.8 Å². The molecular weight excluding hydrogens is 274 g/mol. The zero-order valence-corrected chi connectivity index (χ0v) is 11.5. The van der Waals surface area contributed by atoms with Crippen LogP contribution in [-0.4, -0.2) is 49.6 Å². The summed E-state index contributed by atoms with van der Waals surface area (Å²) in [5, 5.41) is 18.6. The van der Waals surface area contributed by atoms with E-state index in [1.165, 1.54) is 6.21 Å². The molecule has 1 aromatic carbocycles. The smallest absolute Gasteiger partial charge is 0.338 e. The van der Waals surface area contributed by atoms with E-state index in [2.05, 4.69) is 15.5 Å². The van der Waals surface area contributed by atoms with Crippen molar-refractivity contribution in [3.05, 3.63) is 35.4 Å². The largest absolute Gasteiger partial charge is 0.461 e. The lowest BCUT2D eigenvalue weighted by atomic mass is 10.1. The predicted molar refractivity (Wildman–Crippen MR) is 80.1 cm³/mol. The molecular formula is C13H19N5O3. The number of aliphatic hydroxyl groups excluding tert-OH is 1. The molecule has 0 spiro atoms. The van der Waals surface area contributed by atoms with Gasteiger partial charge < -0.3 is 26.6 Å². The summed E-state index contributed by atoms with van der Waals surface area (Å²) in [6, 6.07) is 6.72. The van der Waals surface area contributed by atoms with Gasteiger partial charge >= 0.3 is 5.97 Å². The molecule has 0 aliphatic rings. The first kappa shape index (κ1) is 16.6. The number of ether oxygens (including phenoxy) is 1. The first-order valence-corrected chi connectivity index (χ1v) is 6.34. The number of nitrogens with two attached hydrogens (primary N) is 2. The molecule has 0 aliphatic heterocycles. The topological polar surface area (TPSA) is 135 Å². The lowest BCUT2D eigenvalue weighted by Gasteiger charge is -2.06. The molecule has 0 aromatic heterocycles. The number of benzene rings is 1. The Morgan fingerprint density at radius 2 is 2.19 bits per heavy atom. The Labute approximate surface area is 122 Å². The van der Waals surface area contributed by atoms with Crippen LogP contribution in [0.25, 0.3) is 0 Å². The van der Waals surface area contributed by atoms with Gasteiger partial charge in [-0.3, -0.25) is 0 Å². The summed E-state index contributed by atoms with van der Waals surface area (Å²) in [6.07, 6.45) is 1.43. The van der Waals surface area contributed by atoms with Crippen molar-refractivity contribution in [3.8, 4) is 0 Å². The van der Waals surface area contributed by atoms with Gasteiger partial charge in [-0.2, -0.15) is 5.10 Å². The number of carbonyl (C=O) groups is 1. The van der Waals surface area contributed by atoms with Crippen LogP contribution in [0.2, 0.25) is 0 Å². The molecule has 8 nitrogen and oxygen atoms in total. The highest BCUT2D eigenvalue weighted by Crippen LogP contribution is 2.05. The Hall–Kier alpha value is -2.45. The second kappa shape index (κ2) is 9.45. The Kier molecular flexibility index (Phi) is 7.47. The number of rotatable bonds is 8. The van der Waals surface area contributed by atoms with Crippen LogP contribution >= 0.6 is 0 Å². The maximum atomic E-state index is 11.8. The minimum atomic E-state index is -0.433. The second-order valence-corrected chi connectivity index (χ2v) is 4.00. The van der Waals surface area contributed by atoms with Gasteiger partial charge in [-0.05, 0) is 17.7 Å². The van der Waals surface area contributed by atoms with E-state index in [-0.39, 0.29) is 19.2 Å². The zero-order valence-electron chi connectivity index (χ0n) is 11.5. The number of nitrogens with zero attached hydrogens (tertiary/aromatic N) is 2. The van der Waals surface area contributed by atoms with E-state index < -0.39 is 5.97 Å². The van der Waals surface area contributed by atoms with E-state index in [0.717, 1.165) is 0 Å². The molecule has 1 rings (SSSR count). The molecule has 0 saturated heterocycles. The molecule has 6 N–H and O–H groups in total. The fraction of sp³-hybridized carbons (Fsp3) is 0.308. The number of esters is 1. The summed E-state index contributed by atoms with van der Waals surface area (Å²) in [4.78, 5) is 11.8. The van der Waals surface area contributed by atoms with E-state index in [0.29, 0.717) is 24.2 Å². The highest BCUT2D eigenvalue weighted by Gasteiger charge is 2.06. The molecule has 0 heterocycles. The van der Waals surface area contributed by atoms with E-state index in [9.17, 15) is 4.79 Å². The number of carbonyl (C=O) groups excluding carboxylic acids is 1. The van der Waals surface area contributed by atoms with Crippen molar-refractivity contribution in [1.82, 2.24) is 5.32 Å². The first-order chi connectivity index (χ1) is 10.1. The summed E-state index contributed by atoms with van der Waals surface area (Å²) < 4.78 is 5.08. The summed E-state index contributed by atoms with van der Waals surface area (Å²) in [6.45, 7) is 1.22. The molecule has 0 bridgehead atoms. The lowest BCUT2D eigenvalue weighted by molar-refractivity contribution is 0.0508. The summed E-state index contributed by atoms with van der Waals surface area (Å²) in [7, 11) is 0. The van der Waals surface area contributed by atoms with Gasteiger partial charge in [0.2, 0.25) is 5.96 Å². The van der Waals surface area contributed by atoms with Crippen molar-refractivity contribution in [2.45, 2.75) is 0 Å². The minimum Gasteiger partial charge on any atom is -0.461 e. The van der Waals surface area contributed by atoms with Gasteiger partial charge in [-0.15, -0.1) is 5.10 Å². The normalized spacial score (nSPS) is 10.5. The Balaban J connectivity index is 2.53. The third-order valence-corrected chi connectivity index (χ3v) is 2.30. The number of guanidine groups is 1. The van der Waals surface area contributed by atoms with Gasteiger partial charge in [0.05, 0.1) is 18.4 Å². The quantitative estimate of drug-likeness (QED) is 0.160. The molecule has 0 atom stereocenters. The van der Waals surface area contributed by atoms with E-state index >= 15 is 0 Å². The minimum absolute atomic E-state index is 0.0467. The van der Waals surface area contributed by atoms with Crippen molar-refractivity contribution in [1.29, 1.82) is 0 Å². The lowest BCUT2D eigenvalue weighted by Crippen LogP contribution is -2.24. The number of nitrogens with one attached hydrogen (secondary N) is 1. The van der Waals surface area contributed by atoms with Crippen LogP contribution in [0.5, 0.6) is 0 Å². The molecule has 0 amide bonds. The van der Waals surface area contributed by atoms with Crippen LogP contribution in [0.3, 0.4) is 0 Å². The molecule has 8 heteroatoms. The number of aliphatic hydroxyl groups is 1. The Morgan fingerprint density at radius 1 is 1.38 bits per heavy atom. The zero-order chi connectivity index (χ0) is 15.5. The molecule has 0 saturated carbocycles. The Bertz CT molecular complexity index is 512. The summed E-state index contributed by atoms with van der Waals surface area (Å²) >= 11 is 0. The molecule has 0 unspecified atom stereocenters. The van der Waals surface area contributed by atoms with Crippen molar-refractivity contribution < 1.29 is 14.6 Å². The number of hydrogen-bond acceptors (Lipinski definition) is 6. The van der Waals surface area contributed by atoms with Crippen LogP contribution in [0.1, 0.15) is 15.9 Å². The van der Waals surface area contributed by atoms with Gasteiger partial charge in [0.15, 0.2) is 0 Å². The third-order valence-electron chi connectivity index (χ3n) is 2.30. The number of hydrogen-bond donors (Lipinski definition) is 4. The molecule has 0 radical (unpaired) electrons. The fourth-order valence-electron chi connectivity index (χ4n) is 1.41. The standard InChI is InChI=1S/C13H19N5O3/c14-13(15)18-17-9-10-2-1-3-11(8-10)12(20)21-7-5-16-4-6-19/h1-3,8-9,16,19H,4-7H2,(H4,14,15,18)/b17-9+. The van der Waals surface area contributed by atoms with Crippen molar-refractivity contribution >= 4 is 18.1 Å². The van der Waals surface area contributed by atoms with Gasteiger partial charge in [-0.25, -0.2) is 4.79 Å². The predicted octanol–water partition coefficient (Wildman–Crippen LogP) is -0.967. The van der Waals surface area contributed by atoms with Gasteiger partial charge in [0.25, 0.3) is 0 Å². The van der Waals surface area contributed by atoms with Crippen LogP contribution in [0.4, 0.5) is 0 Å². The maximum absolute atomic E-state index is 11.8. The van der Waals surface area contributed by atoms with E-state index in [1.54, 1.807) is 24.3 Å². The highest BCUT2D eigenvalue weighted by molar-refractivity contribution is 5.92. The van der Waals surface area contributed by atoms with Crippen molar-refractivity contribution in [2.75, 3.05) is 26.3 Å². The van der Waals surface area contributed by atoms with Gasteiger partial charge in [0.1, 0.15) is 6.61 Å². The van der Waals surface area contributed by atoms with Crippen molar-refractivity contribution in [3.63, 3.8) is 0 Å². The molecule has 0 aliphatic carbocycles. The SMILES string of the molecule is NC(N)=N/N=C/c1cccc(C(=O)OCCNCCO)c1. The van der Waals surface area contributed by atoms with Gasteiger partial charge in [-0.1, -0.05) is 12.1 Å². The Morgan fingerprint density at radius 3 is 2.90 bits per heavy atom. The second-order valence-electron chi connectivity index (χ2n) is 4.00. The van der Waals surface area contributed by atoms with E-state index in [1.807, 2.05) is 0 Å². The highest BCUT2D eigenvalue weighted by atomic mass is 16.5. The maximum Gasteiger partial charge on any atom is 0.338 e. The summed E-state index contributed by atoms with van der Waals surface area (Å²) in [5.74, 6) is -0.574. The fourth-order valence-corrected chi connectivity index (χ4v) is 1.41. The first-order valence-electron chi connectivity index (χ1n) is 6.34. The van der Waals surface area contributed by atoms with Crippen LogP contribution in [0.15, 0.2) is 34.5 Å². The average molecular weight is 293 g/mol. The van der Waals surface area contributed by atoms with E-state index in [4.69, 9.17) is 21.3 Å². The molecule has 114 valence electrons. The van der Waals surface area contributed by atoms with Crippen LogP contribution in [-0.2, 0) is 4.74 Å². The summed E-state index contributed by atoms with van der Waals surface area (Å²) in [5.41, 5.74) is 11.4. The average Bonchev–Trinajstić information content (AvgIpc) is 2.47.